The molecule has 0 aliphatic heterocycles. The lowest BCUT2D eigenvalue weighted by molar-refractivity contribution is -0.116. The maximum Gasteiger partial charge on any atom is 0.226 e. The fraction of sp³-hybridized carbons (Fsp3) is 0.391. The van der Waals surface area contributed by atoms with Gasteiger partial charge in [0.2, 0.25) is 5.91 Å². The van der Waals surface area contributed by atoms with Gasteiger partial charge in [0.15, 0.2) is 5.13 Å². The van der Waals surface area contributed by atoms with Crippen molar-refractivity contribution in [3.8, 4) is 5.75 Å². The molecule has 0 saturated heterocycles. The van der Waals surface area contributed by atoms with E-state index >= 15 is 0 Å². The molecule has 1 heterocycles. The topological polar surface area (TPSA) is 51.2 Å². The van der Waals surface area contributed by atoms with E-state index in [0.29, 0.717) is 11.6 Å². The van der Waals surface area contributed by atoms with Gasteiger partial charge in [-0.1, -0.05) is 83.2 Å². The Morgan fingerprint density at radius 2 is 1.64 bits per heavy atom. The minimum atomic E-state index is -0.0186. The third-order valence-electron chi connectivity index (χ3n) is 3.33. The lowest BCUT2D eigenvalue weighted by Crippen LogP contribution is -2.11. The first kappa shape index (κ1) is 25.6. The molecular weight excluding hydrogens is 368 g/mol. The number of carbonyl (C=O) groups is 1. The van der Waals surface area contributed by atoms with Crippen molar-refractivity contribution in [2.75, 3.05) is 12.4 Å². The summed E-state index contributed by atoms with van der Waals surface area (Å²) in [5, 5.41) is 3.49. The molecule has 0 unspecified atom stereocenters. The highest BCUT2D eigenvalue weighted by Crippen LogP contribution is 2.29. The first-order valence-electron chi connectivity index (χ1n) is 10.0. The summed E-state index contributed by atoms with van der Waals surface area (Å²) in [7, 11) is 1.63. The van der Waals surface area contributed by atoms with E-state index in [4.69, 9.17) is 4.74 Å². The molecule has 0 saturated carbocycles. The van der Waals surface area contributed by atoms with Crippen molar-refractivity contribution in [1.82, 2.24) is 4.98 Å². The second-order valence-corrected chi connectivity index (χ2v) is 5.92. The summed E-state index contributed by atoms with van der Waals surface area (Å²) in [6.45, 7) is 12.0. The van der Waals surface area contributed by atoms with Crippen molar-refractivity contribution >= 4 is 32.6 Å². The summed E-state index contributed by atoms with van der Waals surface area (Å²) in [6, 6.07) is 15.7. The fourth-order valence-corrected chi connectivity index (χ4v) is 3.08. The zero-order chi connectivity index (χ0) is 21.4. The number of aromatic nitrogens is 1. The van der Waals surface area contributed by atoms with Crippen molar-refractivity contribution in [1.29, 1.82) is 0 Å². The number of anilines is 1. The zero-order valence-electron chi connectivity index (χ0n) is 18.2. The number of benzene rings is 2. The Labute approximate surface area is 174 Å². The highest BCUT2D eigenvalue weighted by molar-refractivity contribution is 7.22. The minimum Gasteiger partial charge on any atom is -0.497 e. The number of methoxy groups -OCH3 is 1. The molecule has 0 aliphatic rings. The van der Waals surface area contributed by atoms with Crippen LogP contribution in [0.15, 0.2) is 48.5 Å². The average Bonchev–Trinajstić information content (AvgIpc) is 3.18. The van der Waals surface area contributed by atoms with Crippen LogP contribution in [0.1, 0.15) is 53.5 Å². The molecule has 0 fully saturated rings. The average molecular weight is 403 g/mol. The van der Waals surface area contributed by atoms with Crippen molar-refractivity contribution in [2.45, 2.75) is 54.4 Å². The largest absolute Gasteiger partial charge is 0.497 e. The molecule has 28 heavy (non-hydrogen) atoms. The standard InChI is InChI=1S/C17H16N2O2S.3C2H6/c1-21-13-8-9-14-15(11-13)22-17(18-14)19-16(20)10-7-12-5-3-2-4-6-12;3*1-2/h2-6,8-9,11H,7,10H2,1H3,(H,18,19,20);3*1-2H3. The van der Waals surface area contributed by atoms with Gasteiger partial charge in [-0.25, -0.2) is 4.98 Å². The Kier molecular flexibility index (Phi) is 14.3. The number of nitrogens with zero attached hydrogens (tertiary/aromatic N) is 1. The van der Waals surface area contributed by atoms with Crippen LogP contribution in [0.4, 0.5) is 5.13 Å². The van der Waals surface area contributed by atoms with Gasteiger partial charge in [0.05, 0.1) is 17.3 Å². The molecule has 3 rings (SSSR count). The lowest BCUT2D eigenvalue weighted by Gasteiger charge is -2.01. The predicted octanol–water partition coefficient (Wildman–Crippen LogP) is 6.95. The van der Waals surface area contributed by atoms with E-state index in [9.17, 15) is 4.79 Å². The van der Waals surface area contributed by atoms with Crippen molar-refractivity contribution in [3.63, 3.8) is 0 Å². The van der Waals surface area contributed by atoms with Gasteiger partial charge in [-0.05, 0) is 30.2 Å². The molecule has 5 heteroatoms. The van der Waals surface area contributed by atoms with E-state index in [2.05, 4.69) is 10.3 Å². The molecule has 1 amide bonds. The number of ether oxygens (including phenoxy) is 1. The second-order valence-electron chi connectivity index (χ2n) is 4.89. The predicted molar refractivity (Wildman–Crippen MR) is 124 cm³/mol. The molecule has 0 spiro atoms. The van der Waals surface area contributed by atoms with Crippen LogP contribution in [0, 0.1) is 0 Å². The molecule has 1 N–H and O–H groups in total. The van der Waals surface area contributed by atoms with Gasteiger partial charge in [-0.2, -0.15) is 0 Å². The Morgan fingerprint density at radius 1 is 1.00 bits per heavy atom. The second kappa shape index (κ2) is 15.6. The molecule has 154 valence electrons. The number of hydrogen-bond acceptors (Lipinski definition) is 4. The van der Waals surface area contributed by atoms with Gasteiger partial charge < -0.3 is 10.1 Å². The number of amides is 1. The summed E-state index contributed by atoms with van der Waals surface area (Å²) in [5.41, 5.74) is 2.02. The molecular formula is C23H34N2O2S. The number of nitrogens with one attached hydrogen (secondary N) is 1. The fourth-order valence-electron chi connectivity index (χ4n) is 2.17. The van der Waals surface area contributed by atoms with Crippen LogP contribution in [-0.2, 0) is 11.2 Å². The van der Waals surface area contributed by atoms with Crippen LogP contribution in [0.25, 0.3) is 10.2 Å². The molecule has 0 atom stereocenters. The van der Waals surface area contributed by atoms with Gasteiger partial charge >= 0.3 is 0 Å². The van der Waals surface area contributed by atoms with Gasteiger partial charge in [0, 0.05) is 6.42 Å². The number of carbonyl (C=O) groups excluding carboxylic acids is 1. The van der Waals surface area contributed by atoms with E-state index in [1.807, 2.05) is 90.1 Å². The molecule has 0 bridgehead atoms. The summed E-state index contributed by atoms with van der Waals surface area (Å²) < 4.78 is 6.19. The Hall–Kier alpha value is -2.40. The molecule has 0 radical (unpaired) electrons. The van der Waals surface area contributed by atoms with E-state index in [-0.39, 0.29) is 5.91 Å². The van der Waals surface area contributed by atoms with Gasteiger partial charge in [0.1, 0.15) is 5.75 Å². The summed E-state index contributed by atoms with van der Waals surface area (Å²) in [4.78, 5) is 16.4. The zero-order valence-corrected chi connectivity index (χ0v) is 19.0. The summed E-state index contributed by atoms with van der Waals surface area (Å²) in [5.74, 6) is 0.771. The van der Waals surface area contributed by atoms with Crippen LogP contribution in [-0.4, -0.2) is 18.0 Å². The van der Waals surface area contributed by atoms with E-state index in [0.717, 1.165) is 28.0 Å². The Morgan fingerprint density at radius 3 is 2.25 bits per heavy atom. The normalized spacial score (nSPS) is 8.96. The smallest absolute Gasteiger partial charge is 0.226 e. The molecule has 4 nitrogen and oxygen atoms in total. The maximum atomic E-state index is 12.0. The minimum absolute atomic E-state index is 0.0186. The highest BCUT2D eigenvalue weighted by Gasteiger charge is 2.08. The van der Waals surface area contributed by atoms with Crippen molar-refractivity contribution in [3.05, 3.63) is 54.1 Å². The van der Waals surface area contributed by atoms with E-state index in [1.165, 1.54) is 11.3 Å². The van der Waals surface area contributed by atoms with Crippen molar-refractivity contribution in [2.24, 2.45) is 0 Å². The van der Waals surface area contributed by atoms with Crippen LogP contribution < -0.4 is 10.1 Å². The van der Waals surface area contributed by atoms with E-state index in [1.54, 1.807) is 7.11 Å². The van der Waals surface area contributed by atoms with Crippen LogP contribution >= 0.6 is 11.3 Å². The SMILES string of the molecule is CC.CC.CC.COc1ccc2nc(NC(=O)CCc3ccccc3)sc2c1. The van der Waals surface area contributed by atoms with Crippen LogP contribution in [0.2, 0.25) is 0 Å². The molecule has 3 aromatic rings. The number of fused-ring (bicyclic) bond motifs is 1. The van der Waals surface area contributed by atoms with Gasteiger partial charge in [0.25, 0.3) is 0 Å². The Bertz CT molecular complexity index is 786. The number of aryl methyl sites for hydroxylation is 1. The lowest BCUT2D eigenvalue weighted by atomic mass is 10.1. The van der Waals surface area contributed by atoms with E-state index < -0.39 is 0 Å². The first-order chi connectivity index (χ1) is 13.7. The highest BCUT2D eigenvalue weighted by atomic mass is 32.1. The quantitative estimate of drug-likeness (QED) is 0.502. The Balaban J connectivity index is 0.00000111. The molecule has 0 aliphatic carbocycles. The third kappa shape index (κ3) is 8.53. The van der Waals surface area contributed by atoms with Crippen molar-refractivity contribution < 1.29 is 9.53 Å². The third-order valence-corrected chi connectivity index (χ3v) is 4.26. The van der Waals surface area contributed by atoms with Gasteiger partial charge in [-0.3, -0.25) is 4.79 Å². The monoisotopic (exact) mass is 402 g/mol. The number of hydrogen-bond donors (Lipinski definition) is 1. The molecule has 1 aromatic heterocycles. The number of rotatable bonds is 5. The van der Waals surface area contributed by atoms with Gasteiger partial charge in [-0.15, -0.1) is 0 Å². The number of thiazole rings is 1. The maximum absolute atomic E-state index is 12.0. The summed E-state index contributed by atoms with van der Waals surface area (Å²) >= 11 is 1.45. The summed E-state index contributed by atoms with van der Waals surface area (Å²) in [6.07, 6.45) is 1.18. The van der Waals surface area contributed by atoms with Crippen LogP contribution in [0.5, 0.6) is 5.75 Å². The van der Waals surface area contributed by atoms with Crippen LogP contribution in [0.3, 0.4) is 0 Å². The molecule has 2 aromatic carbocycles. The first-order valence-corrected chi connectivity index (χ1v) is 10.8.